The van der Waals surface area contributed by atoms with Crippen molar-refractivity contribution in [3.63, 3.8) is 0 Å². The number of piperidine rings is 1. The van der Waals surface area contributed by atoms with Gasteiger partial charge in [-0.25, -0.2) is 8.78 Å². The van der Waals surface area contributed by atoms with Crippen molar-refractivity contribution >= 4 is 11.6 Å². The lowest BCUT2D eigenvalue weighted by atomic mass is 9.80. The highest BCUT2D eigenvalue weighted by Gasteiger charge is 2.37. The lowest BCUT2D eigenvalue weighted by molar-refractivity contribution is -0.121. The van der Waals surface area contributed by atoms with Gasteiger partial charge in [0.05, 0.1) is 0 Å². The molecule has 1 unspecified atom stereocenters. The molecule has 1 aromatic carbocycles. The highest BCUT2D eigenvalue weighted by molar-refractivity contribution is 5.94. The Morgan fingerprint density at radius 3 is 2.47 bits per heavy atom. The minimum Gasteiger partial charge on any atom is -0.309 e. The summed E-state index contributed by atoms with van der Waals surface area (Å²) in [5.41, 5.74) is 0.351. The largest absolute Gasteiger partial charge is 0.309 e. The van der Waals surface area contributed by atoms with Crippen LogP contribution in [0.2, 0.25) is 0 Å². The quantitative estimate of drug-likeness (QED) is 0.755. The summed E-state index contributed by atoms with van der Waals surface area (Å²) in [6.07, 6.45) is 2.20. The third-order valence-electron chi connectivity index (χ3n) is 3.63. The Bertz CT molecular complexity index is 493. The molecule has 0 bridgehead atoms. The van der Waals surface area contributed by atoms with Gasteiger partial charge in [0.25, 0.3) is 0 Å². The molecule has 1 aromatic rings. The van der Waals surface area contributed by atoms with E-state index in [2.05, 4.69) is 20.8 Å². The van der Waals surface area contributed by atoms with E-state index in [1.54, 1.807) is 4.90 Å². The normalized spacial score (nSPS) is 20.8. The average molecular weight is 267 g/mol. The first-order valence-electron chi connectivity index (χ1n) is 6.58. The molecule has 0 aliphatic carbocycles. The van der Waals surface area contributed by atoms with E-state index in [1.165, 1.54) is 6.07 Å². The number of carbonyl (C=O) groups is 1. The van der Waals surface area contributed by atoms with E-state index in [4.69, 9.17) is 0 Å². The van der Waals surface area contributed by atoms with Gasteiger partial charge in [-0.3, -0.25) is 4.79 Å². The molecule has 1 amide bonds. The fourth-order valence-corrected chi connectivity index (χ4v) is 2.65. The molecule has 2 nitrogen and oxygen atoms in total. The first kappa shape index (κ1) is 14.0. The maximum Gasteiger partial charge on any atom is 0.227 e. The zero-order valence-electron chi connectivity index (χ0n) is 11.5. The molecule has 4 heteroatoms. The summed E-state index contributed by atoms with van der Waals surface area (Å²) < 4.78 is 26.4. The maximum atomic E-state index is 13.4. The van der Waals surface area contributed by atoms with Gasteiger partial charge >= 0.3 is 0 Å². The number of carbonyl (C=O) groups excluding carboxylic acids is 1. The molecule has 19 heavy (non-hydrogen) atoms. The zero-order chi connectivity index (χ0) is 14.2. The maximum absolute atomic E-state index is 13.4. The Kier molecular flexibility index (Phi) is 3.61. The summed E-state index contributed by atoms with van der Waals surface area (Å²) in [6, 6.07) is 3.67. The van der Waals surface area contributed by atoms with Gasteiger partial charge in [0.1, 0.15) is 0 Å². The van der Waals surface area contributed by atoms with Gasteiger partial charge in [-0.15, -0.1) is 0 Å². The van der Waals surface area contributed by atoms with E-state index >= 15 is 0 Å². The van der Waals surface area contributed by atoms with Gasteiger partial charge in [-0.1, -0.05) is 20.8 Å². The van der Waals surface area contributed by atoms with E-state index in [0.29, 0.717) is 12.1 Å². The Morgan fingerprint density at radius 1 is 1.21 bits per heavy atom. The SMILES string of the molecule is CC(C)(C)C1CCCC(=O)N1c1ccc(F)c(F)c1. The summed E-state index contributed by atoms with van der Waals surface area (Å²) >= 11 is 0. The zero-order valence-corrected chi connectivity index (χ0v) is 11.5. The monoisotopic (exact) mass is 267 g/mol. The summed E-state index contributed by atoms with van der Waals surface area (Å²) in [6.45, 7) is 6.18. The van der Waals surface area contributed by atoms with Crippen molar-refractivity contribution in [2.24, 2.45) is 5.41 Å². The molecule has 1 aliphatic heterocycles. The Hall–Kier alpha value is -1.45. The van der Waals surface area contributed by atoms with Gasteiger partial charge in [-0.2, -0.15) is 0 Å². The Morgan fingerprint density at radius 2 is 1.89 bits per heavy atom. The van der Waals surface area contributed by atoms with Gasteiger partial charge in [0.2, 0.25) is 5.91 Å². The lowest BCUT2D eigenvalue weighted by Gasteiger charge is -2.43. The van der Waals surface area contributed by atoms with Gasteiger partial charge in [0.15, 0.2) is 11.6 Å². The molecule has 1 saturated heterocycles. The van der Waals surface area contributed by atoms with Gasteiger partial charge in [0, 0.05) is 24.2 Å². The van der Waals surface area contributed by atoms with Crippen LogP contribution in [0.25, 0.3) is 0 Å². The first-order chi connectivity index (χ1) is 8.80. The van der Waals surface area contributed by atoms with E-state index in [0.717, 1.165) is 25.0 Å². The third-order valence-corrected chi connectivity index (χ3v) is 3.63. The molecule has 1 heterocycles. The smallest absolute Gasteiger partial charge is 0.227 e. The number of benzene rings is 1. The Labute approximate surface area is 112 Å². The summed E-state index contributed by atoms with van der Waals surface area (Å²) in [7, 11) is 0. The third kappa shape index (κ3) is 2.77. The molecule has 104 valence electrons. The summed E-state index contributed by atoms with van der Waals surface area (Å²) in [5, 5.41) is 0. The van der Waals surface area contributed by atoms with Crippen molar-refractivity contribution in [2.45, 2.75) is 46.1 Å². The number of hydrogen-bond donors (Lipinski definition) is 0. The predicted molar refractivity (Wildman–Crippen MR) is 70.9 cm³/mol. The summed E-state index contributed by atoms with van der Waals surface area (Å²) in [5.74, 6) is -1.82. The molecular formula is C15H19F2NO. The summed E-state index contributed by atoms with van der Waals surface area (Å²) in [4.78, 5) is 13.8. The highest BCUT2D eigenvalue weighted by Crippen LogP contribution is 2.36. The van der Waals surface area contributed by atoms with Crippen LogP contribution >= 0.6 is 0 Å². The standard InChI is InChI=1S/C15H19F2NO/c1-15(2,3)13-5-4-6-14(19)18(13)10-7-8-11(16)12(17)9-10/h7-9,13H,4-6H2,1-3H3. The van der Waals surface area contributed by atoms with Gasteiger partial charge < -0.3 is 4.90 Å². The lowest BCUT2D eigenvalue weighted by Crippen LogP contribution is -2.50. The molecule has 0 saturated carbocycles. The molecule has 1 atom stereocenters. The predicted octanol–water partition coefficient (Wildman–Crippen LogP) is 3.90. The van der Waals surface area contributed by atoms with Crippen LogP contribution in [-0.4, -0.2) is 11.9 Å². The van der Waals surface area contributed by atoms with Crippen LogP contribution in [0.15, 0.2) is 18.2 Å². The number of rotatable bonds is 1. The molecule has 1 aliphatic rings. The minimum atomic E-state index is -0.913. The molecule has 2 rings (SSSR count). The van der Waals surface area contributed by atoms with E-state index < -0.39 is 11.6 Å². The van der Waals surface area contributed by atoms with E-state index in [1.807, 2.05) is 0 Å². The van der Waals surface area contributed by atoms with Crippen molar-refractivity contribution in [3.05, 3.63) is 29.8 Å². The van der Waals surface area contributed by atoms with Crippen LogP contribution in [0.1, 0.15) is 40.0 Å². The van der Waals surface area contributed by atoms with Crippen molar-refractivity contribution in [2.75, 3.05) is 4.90 Å². The van der Waals surface area contributed by atoms with Crippen molar-refractivity contribution in [3.8, 4) is 0 Å². The van der Waals surface area contributed by atoms with Crippen LogP contribution in [-0.2, 0) is 4.79 Å². The van der Waals surface area contributed by atoms with Crippen LogP contribution in [0.5, 0.6) is 0 Å². The second-order valence-corrected chi connectivity index (χ2v) is 6.14. The fourth-order valence-electron chi connectivity index (χ4n) is 2.65. The molecular weight excluding hydrogens is 248 g/mol. The number of halogens is 2. The van der Waals surface area contributed by atoms with Crippen LogP contribution in [0.3, 0.4) is 0 Å². The second kappa shape index (κ2) is 4.91. The highest BCUT2D eigenvalue weighted by atomic mass is 19.2. The minimum absolute atomic E-state index is 0.0126. The number of nitrogens with zero attached hydrogens (tertiary/aromatic N) is 1. The van der Waals surface area contributed by atoms with E-state index in [9.17, 15) is 13.6 Å². The van der Waals surface area contributed by atoms with Crippen molar-refractivity contribution in [1.29, 1.82) is 0 Å². The van der Waals surface area contributed by atoms with E-state index in [-0.39, 0.29) is 17.4 Å². The molecule has 0 spiro atoms. The fraction of sp³-hybridized carbons (Fsp3) is 0.533. The molecule has 0 N–H and O–H groups in total. The van der Waals surface area contributed by atoms with Crippen LogP contribution < -0.4 is 4.90 Å². The van der Waals surface area contributed by atoms with Gasteiger partial charge in [-0.05, 0) is 30.4 Å². The van der Waals surface area contributed by atoms with Crippen LogP contribution in [0, 0.1) is 17.0 Å². The average Bonchev–Trinajstić information content (AvgIpc) is 2.31. The molecule has 1 fully saturated rings. The Balaban J connectivity index is 2.42. The van der Waals surface area contributed by atoms with Crippen molar-refractivity contribution in [1.82, 2.24) is 0 Å². The second-order valence-electron chi connectivity index (χ2n) is 6.14. The molecule has 0 radical (unpaired) electrons. The first-order valence-corrected chi connectivity index (χ1v) is 6.58. The topological polar surface area (TPSA) is 20.3 Å². The number of anilines is 1. The van der Waals surface area contributed by atoms with Crippen molar-refractivity contribution < 1.29 is 13.6 Å². The molecule has 0 aromatic heterocycles. The number of amides is 1. The number of hydrogen-bond acceptors (Lipinski definition) is 1. The van der Waals surface area contributed by atoms with Crippen LogP contribution in [0.4, 0.5) is 14.5 Å².